The van der Waals surface area contributed by atoms with Gasteiger partial charge >= 0.3 is 0 Å². The molecule has 0 amide bonds. The van der Waals surface area contributed by atoms with E-state index >= 15 is 0 Å². The van der Waals surface area contributed by atoms with Gasteiger partial charge in [0.15, 0.2) is 0 Å². The lowest BCUT2D eigenvalue weighted by atomic mass is 10.0. The summed E-state index contributed by atoms with van der Waals surface area (Å²) >= 11 is 8.26. The van der Waals surface area contributed by atoms with Gasteiger partial charge in [0.1, 0.15) is 6.07 Å². The van der Waals surface area contributed by atoms with Gasteiger partial charge in [-0.25, -0.2) is 0 Å². The van der Waals surface area contributed by atoms with Crippen LogP contribution in [0.25, 0.3) is 22.0 Å². The Kier molecular flexibility index (Phi) is 7.99. The number of hydrogen-bond donors (Lipinski definition) is 1. The van der Waals surface area contributed by atoms with Gasteiger partial charge in [-0.15, -0.1) is 0 Å². The first-order valence-electron chi connectivity index (χ1n) is 13.2. The van der Waals surface area contributed by atoms with Gasteiger partial charge in [0.05, 0.1) is 35.0 Å². The summed E-state index contributed by atoms with van der Waals surface area (Å²) in [5.74, 6) is 0. The van der Waals surface area contributed by atoms with Crippen molar-refractivity contribution in [2.75, 3.05) is 31.6 Å². The van der Waals surface area contributed by atoms with Crippen LogP contribution in [-0.4, -0.2) is 36.2 Å². The third-order valence-electron chi connectivity index (χ3n) is 6.96. The van der Waals surface area contributed by atoms with E-state index in [0.717, 1.165) is 76.0 Å². The van der Waals surface area contributed by atoms with Crippen molar-refractivity contribution >= 4 is 45.6 Å². The topological polar surface area (TPSA) is 61.2 Å². The summed E-state index contributed by atoms with van der Waals surface area (Å²) in [5, 5.41) is 14.8. The monoisotopic (exact) mass is 562 g/mol. The fourth-order valence-electron chi connectivity index (χ4n) is 4.83. The first kappa shape index (κ1) is 26.4. The van der Waals surface area contributed by atoms with E-state index in [0.29, 0.717) is 10.6 Å². The van der Waals surface area contributed by atoms with E-state index in [1.54, 1.807) is 18.0 Å². The molecule has 1 aliphatic rings. The van der Waals surface area contributed by atoms with Crippen LogP contribution in [0.3, 0.4) is 0 Å². The molecule has 0 radical (unpaired) electrons. The number of halogens is 1. The van der Waals surface area contributed by atoms with Gasteiger partial charge in [-0.2, -0.15) is 5.26 Å². The molecule has 6 rings (SSSR count). The normalized spacial score (nSPS) is 13.7. The van der Waals surface area contributed by atoms with Crippen molar-refractivity contribution < 1.29 is 4.74 Å². The van der Waals surface area contributed by atoms with E-state index in [2.05, 4.69) is 69.8 Å². The summed E-state index contributed by atoms with van der Waals surface area (Å²) in [6, 6.07) is 33.2. The summed E-state index contributed by atoms with van der Waals surface area (Å²) in [6.07, 6.45) is 1.63. The van der Waals surface area contributed by atoms with E-state index in [1.807, 2.05) is 42.5 Å². The second kappa shape index (κ2) is 12.1. The number of aromatic nitrogens is 1. The molecule has 0 atom stereocenters. The maximum absolute atomic E-state index is 9.83. The second-order valence-corrected chi connectivity index (χ2v) is 11.2. The van der Waals surface area contributed by atoms with Crippen LogP contribution in [-0.2, 0) is 11.3 Å². The molecule has 198 valence electrons. The van der Waals surface area contributed by atoms with Gasteiger partial charge in [0.25, 0.3) is 0 Å². The predicted molar refractivity (Wildman–Crippen MR) is 163 cm³/mol. The third kappa shape index (κ3) is 5.99. The Morgan fingerprint density at radius 1 is 0.925 bits per heavy atom. The Hall–Kier alpha value is -3.86. The minimum atomic E-state index is 0.478. The average Bonchev–Trinajstić information content (AvgIpc) is 3.00. The Balaban J connectivity index is 1.24. The number of anilines is 2. The number of rotatable bonds is 7. The zero-order valence-electron chi connectivity index (χ0n) is 21.8. The van der Waals surface area contributed by atoms with E-state index in [9.17, 15) is 5.26 Å². The molecule has 0 aliphatic carbocycles. The number of fused-ring (bicyclic) bond motifs is 1. The van der Waals surface area contributed by atoms with Crippen molar-refractivity contribution in [2.24, 2.45) is 0 Å². The van der Waals surface area contributed by atoms with Crippen LogP contribution < -0.4 is 5.32 Å². The van der Waals surface area contributed by atoms with Crippen molar-refractivity contribution in [2.45, 2.75) is 16.3 Å². The van der Waals surface area contributed by atoms with Crippen LogP contribution in [0.15, 0.2) is 107 Å². The molecule has 0 saturated carbocycles. The quantitative estimate of drug-likeness (QED) is 0.216. The second-order valence-electron chi connectivity index (χ2n) is 9.66. The summed E-state index contributed by atoms with van der Waals surface area (Å²) in [7, 11) is 0. The molecule has 0 unspecified atom stereocenters. The Bertz CT molecular complexity index is 1680. The average molecular weight is 563 g/mol. The number of pyridine rings is 1. The van der Waals surface area contributed by atoms with Crippen molar-refractivity contribution in [3.8, 4) is 17.2 Å². The molecule has 7 heteroatoms. The van der Waals surface area contributed by atoms with E-state index < -0.39 is 0 Å². The number of nitrogens with one attached hydrogen (secondary N) is 1. The van der Waals surface area contributed by atoms with E-state index in [4.69, 9.17) is 16.3 Å². The first-order valence-corrected chi connectivity index (χ1v) is 14.4. The number of morpholine rings is 1. The molecular weight excluding hydrogens is 536 g/mol. The molecule has 5 nitrogen and oxygen atoms in total. The molecule has 2 heterocycles. The molecule has 1 aliphatic heterocycles. The lowest BCUT2D eigenvalue weighted by molar-refractivity contribution is 0.0342. The fourth-order valence-corrected chi connectivity index (χ4v) is 5.97. The van der Waals surface area contributed by atoms with Crippen LogP contribution in [0.1, 0.15) is 11.1 Å². The van der Waals surface area contributed by atoms with Crippen LogP contribution in [0.2, 0.25) is 5.02 Å². The molecule has 40 heavy (non-hydrogen) atoms. The minimum absolute atomic E-state index is 0.478. The van der Waals surface area contributed by atoms with Crippen molar-refractivity contribution in [1.29, 1.82) is 5.26 Å². The number of ether oxygens (including phenoxy) is 1. The van der Waals surface area contributed by atoms with Gasteiger partial charge in [-0.1, -0.05) is 78.0 Å². The lowest BCUT2D eigenvalue weighted by Crippen LogP contribution is -2.35. The van der Waals surface area contributed by atoms with E-state index in [-0.39, 0.29) is 0 Å². The highest BCUT2D eigenvalue weighted by Gasteiger charge is 2.13. The number of nitriles is 1. The molecule has 1 fully saturated rings. The largest absolute Gasteiger partial charge is 0.379 e. The summed E-state index contributed by atoms with van der Waals surface area (Å²) in [6.45, 7) is 4.49. The van der Waals surface area contributed by atoms with Crippen LogP contribution in [0.5, 0.6) is 0 Å². The molecule has 1 aromatic heterocycles. The van der Waals surface area contributed by atoms with Gasteiger partial charge in [-0.05, 0) is 53.1 Å². The number of nitrogens with zero attached hydrogens (tertiary/aromatic N) is 3. The van der Waals surface area contributed by atoms with Crippen molar-refractivity contribution in [3.63, 3.8) is 0 Å². The van der Waals surface area contributed by atoms with Gasteiger partial charge in [0.2, 0.25) is 0 Å². The zero-order chi connectivity index (χ0) is 27.3. The van der Waals surface area contributed by atoms with Crippen molar-refractivity contribution in [3.05, 3.63) is 113 Å². The van der Waals surface area contributed by atoms with Crippen LogP contribution in [0, 0.1) is 11.3 Å². The molecular formula is C33H27ClN4OS. The summed E-state index contributed by atoms with van der Waals surface area (Å²) in [5.41, 5.74) is 6.34. The Labute approximate surface area is 243 Å². The maximum atomic E-state index is 9.83. The minimum Gasteiger partial charge on any atom is -0.379 e. The van der Waals surface area contributed by atoms with Crippen LogP contribution in [0.4, 0.5) is 11.4 Å². The summed E-state index contributed by atoms with van der Waals surface area (Å²) < 4.78 is 5.46. The number of benzene rings is 4. The highest BCUT2D eigenvalue weighted by molar-refractivity contribution is 7.99. The van der Waals surface area contributed by atoms with Gasteiger partial charge in [0, 0.05) is 46.7 Å². The fraction of sp³-hybridized carbons (Fsp3) is 0.152. The Morgan fingerprint density at radius 2 is 1.70 bits per heavy atom. The highest BCUT2D eigenvalue weighted by atomic mass is 35.5. The Morgan fingerprint density at radius 3 is 2.45 bits per heavy atom. The highest BCUT2D eigenvalue weighted by Crippen LogP contribution is 2.37. The third-order valence-corrected chi connectivity index (χ3v) is 8.47. The summed E-state index contributed by atoms with van der Waals surface area (Å²) in [4.78, 5) is 9.12. The van der Waals surface area contributed by atoms with E-state index in [1.165, 1.54) is 5.56 Å². The van der Waals surface area contributed by atoms with Gasteiger partial charge < -0.3 is 10.1 Å². The molecule has 0 bridgehead atoms. The molecule has 1 N–H and O–H groups in total. The standard InChI is InChI=1S/C33H27ClN4OS/c34-30-19-27(11-13-32(30)40-28-4-2-1-3-5-28)37-33-26(20-35)21-36-31-18-25(10-12-29(31)33)24-8-6-23(7-9-24)22-38-14-16-39-17-15-38/h1-13,18-19,21H,14-17,22H2,(H,36,37). The molecule has 4 aromatic carbocycles. The predicted octanol–water partition coefficient (Wildman–Crippen LogP) is 8.15. The lowest BCUT2D eigenvalue weighted by Gasteiger charge is -2.26. The zero-order valence-corrected chi connectivity index (χ0v) is 23.4. The SMILES string of the molecule is N#Cc1cnc2cc(-c3ccc(CN4CCOCC4)cc3)ccc2c1Nc1ccc(Sc2ccccc2)c(Cl)c1. The van der Waals surface area contributed by atoms with Crippen molar-refractivity contribution in [1.82, 2.24) is 9.88 Å². The molecule has 1 saturated heterocycles. The maximum Gasteiger partial charge on any atom is 0.103 e. The first-order chi connectivity index (χ1) is 19.7. The molecule has 0 spiro atoms. The molecule has 5 aromatic rings. The smallest absolute Gasteiger partial charge is 0.103 e. The van der Waals surface area contributed by atoms with Gasteiger partial charge in [-0.3, -0.25) is 9.88 Å². The van der Waals surface area contributed by atoms with Crippen LogP contribution >= 0.6 is 23.4 Å². The number of hydrogen-bond acceptors (Lipinski definition) is 6.